The highest BCUT2D eigenvalue weighted by atomic mass is 14.2. The third-order valence-corrected chi connectivity index (χ3v) is 2.38. The van der Waals surface area contributed by atoms with Crippen molar-refractivity contribution in [2.45, 2.75) is 20.3 Å². The van der Waals surface area contributed by atoms with Crippen LogP contribution in [-0.2, 0) is 6.42 Å². The molecule has 1 aromatic rings. The molecule has 0 aliphatic heterocycles. The number of hydrogen-bond donors (Lipinski definition) is 0. The van der Waals surface area contributed by atoms with Crippen molar-refractivity contribution in [3.8, 4) is 0 Å². The molecule has 0 radical (unpaired) electrons. The Balaban J connectivity index is 2.67. The molecule has 0 atom stereocenters. The summed E-state index contributed by atoms with van der Waals surface area (Å²) in [4.78, 5) is 0. The summed E-state index contributed by atoms with van der Waals surface area (Å²) in [5.74, 6) is 0. The molecule has 0 fully saturated rings. The molecule has 0 heterocycles. The van der Waals surface area contributed by atoms with Crippen molar-refractivity contribution in [2.75, 3.05) is 0 Å². The highest BCUT2D eigenvalue weighted by molar-refractivity contribution is 5.73. The Hall–Kier alpha value is -1.04. The third-order valence-electron chi connectivity index (χ3n) is 2.38. The summed E-state index contributed by atoms with van der Waals surface area (Å²) in [6.07, 6.45) is 3.43. The van der Waals surface area contributed by atoms with Crippen LogP contribution in [0.5, 0.6) is 0 Å². The van der Waals surface area contributed by atoms with E-state index in [0.717, 1.165) is 6.42 Å². The van der Waals surface area contributed by atoms with Crippen LogP contribution in [0.4, 0.5) is 0 Å². The zero-order chi connectivity index (χ0) is 7.84. The van der Waals surface area contributed by atoms with E-state index in [9.17, 15) is 0 Å². The van der Waals surface area contributed by atoms with Crippen LogP contribution in [0.25, 0.3) is 5.57 Å². The molecule has 0 spiro atoms. The van der Waals surface area contributed by atoms with Gasteiger partial charge in [-0.05, 0) is 42.5 Å². The van der Waals surface area contributed by atoms with Crippen LogP contribution in [0, 0.1) is 6.92 Å². The Bertz CT molecular complexity index is 319. The largest absolute Gasteiger partial charge is 0.0766 e. The fourth-order valence-corrected chi connectivity index (χ4v) is 1.83. The van der Waals surface area contributed by atoms with E-state index in [1.54, 1.807) is 0 Å². The summed E-state index contributed by atoms with van der Waals surface area (Å²) in [5.41, 5.74) is 5.82. The van der Waals surface area contributed by atoms with Gasteiger partial charge in [0.05, 0.1) is 0 Å². The topological polar surface area (TPSA) is 0 Å². The monoisotopic (exact) mass is 144 g/mol. The smallest absolute Gasteiger partial charge is 0.00854 e. The van der Waals surface area contributed by atoms with Gasteiger partial charge in [-0.15, -0.1) is 0 Å². The first kappa shape index (κ1) is 6.66. The van der Waals surface area contributed by atoms with E-state index in [-0.39, 0.29) is 0 Å². The van der Waals surface area contributed by atoms with E-state index in [2.05, 4.69) is 38.1 Å². The molecule has 11 heavy (non-hydrogen) atoms. The SMILES string of the molecule is CC1=CCc2cccc(C)c21. The van der Waals surface area contributed by atoms with Gasteiger partial charge in [-0.3, -0.25) is 0 Å². The number of rotatable bonds is 0. The second-order valence-corrected chi connectivity index (χ2v) is 3.20. The van der Waals surface area contributed by atoms with Crippen molar-refractivity contribution < 1.29 is 0 Å². The van der Waals surface area contributed by atoms with Gasteiger partial charge in [0.2, 0.25) is 0 Å². The number of fused-ring (bicyclic) bond motifs is 1. The molecule has 0 nitrogen and oxygen atoms in total. The molecule has 0 N–H and O–H groups in total. The first-order chi connectivity index (χ1) is 5.29. The summed E-state index contributed by atoms with van der Waals surface area (Å²) >= 11 is 0. The predicted molar refractivity (Wildman–Crippen MR) is 48.5 cm³/mol. The molecular weight excluding hydrogens is 132 g/mol. The molecule has 0 saturated carbocycles. The Morgan fingerprint density at radius 1 is 1.18 bits per heavy atom. The van der Waals surface area contributed by atoms with Crippen molar-refractivity contribution in [2.24, 2.45) is 0 Å². The van der Waals surface area contributed by atoms with Crippen molar-refractivity contribution >= 4 is 5.57 Å². The van der Waals surface area contributed by atoms with Crippen molar-refractivity contribution in [1.29, 1.82) is 0 Å². The molecular formula is C11H12. The molecule has 0 saturated heterocycles. The Kier molecular flexibility index (Phi) is 1.35. The molecule has 2 rings (SSSR count). The van der Waals surface area contributed by atoms with Gasteiger partial charge in [0.25, 0.3) is 0 Å². The average molecular weight is 144 g/mol. The van der Waals surface area contributed by atoms with Gasteiger partial charge in [0.15, 0.2) is 0 Å². The molecule has 0 unspecified atom stereocenters. The van der Waals surface area contributed by atoms with Crippen molar-refractivity contribution in [3.63, 3.8) is 0 Å². The molecule has 0 heteroatoms. The first-order valence-corrected chi connectivity index (χ1v) is 4.04. The molecule has 1 aromatic carbocycles. The van der Waals surface area contributed by atoms with Gasteiger partial charge in [-0.1, -0.05) is 24.3 Å². The average Bonchev–Trinajstić information content (AvgIpc) is 2.34. The maximum absolute atomic E-state index is 2.30. The second kappa shape index (κ2) is 2.23. The minimum Gasteiger partial charge on any atom is -0.0766 e. The van der Waals surface area contributed by atoms with Crippen LogP contribution in [0.1, 0.15) is 23.6 Å². The zero-order valence-corrected chi connectivity index (χ0v) is 7.02. The van der Waals surface area contributed by atoms with Crippen molar-refractivity contribution in [1.82, 2.24) is 0 Å². The lowest BCUT2D eigenvalue weighted by atomic mass is 10.0. The van der Waals surface area contributed by atoms with Gasteiger partial charge in [-0.25, -0.2) is 0 Å². The van der Waals surface area contributed by atoms with E-state index >= 15 is 0 Å². The highest BCUT2D eigenvalue weighted by Gasteiger charge is 2.11. The maximum atomic E-state index is 2.30. The summed E-state index contributed by atoms with van der Waals surface area (Å²) in [6, 6.07) is 6.54. The zero-order valence-electron chi connectivity index (χ0n) is 7.02. The van der Waals surface area contributed by atoms with Crippen LogP contribution < -0.4 is 0 Å². The van der Waals surface area contributed by atoms with Gasteiger partial charge in [-0.2, -0.15) is 0 Å². The quantitative estimate of drug-likeness (QED) is 0.525. The van der Waals surface area contributed by atoms with E-state index in [4.69, 9.17) is 0 Å². The minimum absolute atomic E-state index is 1.13. The number of aryl methyl sites for hydroxylation is 1. The molecule has 0 amide bonds. The van der Waals surface area contributed by atoms with Gasteiger partial charge >= 0.3 is 0 Å². The second-order valence-electron chi connectivity index (χ2n) is 3.20. The van der Waals surface area contributed by atoms with E-state index in [1.165, 1.54) is 22.3 Å². The summed E-state index contributed by atoms with van der Waals surface area (Å²) in [6.45, 7) is 4.38. The van der Waals surface area contributed by atoms with Gasteiger partial charge < -0.3 is 0 Å². The minimum atomic E-state index is 1.13. The summed E-state index contributed by atoms with van der Waals surface area (Å²) < 4.78 is 0. The van der Waals surface area contributed by atoms with Gasteiger partial charge in [0.1, 0.15) is 0 Å². The van der Waals surface area contributed by atoms with Crippen molar-refractivity contribution in [3.05, 3.63) is 41.0 Å². The third kappa shape index (κ3) is 0.900. The lowest BCUT2D eigenvalue weighted by Gasteiger charge is -2.04. The van der Waals surface area contributed by atoms with Gasteiger partial charge in [0, 0.05) is 0 Å². The standard InChI is InChI=1S/C11H12/c1-8-4-3-5-10-7-6-9(2)11(8)10/h3-6H,7H2,1-2H3. The van der Waals surface area contributed by atoms with E-state index < -0.39 is 0 Å². The lowest BCUT2D eigenvalue weighted by Crippen LogP contribution is -1.86. The Labute approximate surface area is 67.6 Å². The van der Waals surface area contributed by atoms with Crippen LogP contribution in [0.15, 0.2) is 24.3 Å². The number of benzene rings is 1. The fourth-order valence-electron chi connectivity index (χ4n) is 1.83. The predicted octanol–water partition coefficient (Wildman–Crippen LogP) is 2.95. The van der Waals surface area contributed by atoms with Crippen LogP contribution in [-0.4, -0.2) is 0 Å². The molecule has 0 bridgehead atoms. The molecule has 56 valence electrons. The Morgan fingerprint density at radius 2 is 2.00 bits per heavy atom. The van der Waals surface area contributed by atoms with Crippen LogP contribution in [0.2, 0.25) is 0 Å². The molecule has 1 aliphatic rings. The fraction of sp³-hybridized carbons (Fsp3) is 0.273. The van der Waals surface area contributed by atoms with E-state index in [0.29, 0.717) is 0 Å². The van der Waals surface area contributed by atoms with E-state index in [1.807, 2.05) is 0 Å². The summed E-state index contributed by atoms with van der Waals surface area (Å²) in [5, 5.41) is 0. The normalized spacial score (nSPS) is 14.5. The Morgan fingerprint density at radius 3 is 2.73 bits per heavy atom. The summed E-state index contributed by atoms with van der Waals surface area (Å²) in [7, 11) is 0. The van der Waals surface area contributed by atoms with Crippen LogP contribution in [0.3, 0.4) is 0 Å². The number of hydrogen-bond acceptors (Lipinski definition) is 0. The molecule has 1 aliphatic carbocycles. The van der Waals surface area contributed by atoms with Crippen LogP contribution >= 0.6 is 0 Å². The first-order valence-electron chi connectivity index (χ1n) is 4.04. The molecule has 0 aromatic heterocycles. The highest BCUT2D eigenvalue weighted by Crippen LogP contribution is 2.29. The number of allylic oxidation sites excluding steroid dienone is 2. The maximum Gasteiger partial charge on any atom is -0.00854 e. The lowest BCUT2D eigenvalue weighted by molar-refractivity contribution is 1.28.